The topological polar surface area (TPSA) is 60.8 Å². The minimum absolute atomic E-state index is 0.0935. The van der Waals surface area contributed by atoms with Crippen molar-refractivity contribution in [2.24, 2.45) is 5.10 Å². The lowest BCUT2D eigenvalue weighted by atomic mass is 10.1. The van der Waals surface area contributed by atoms with E-state index in [0.29, 0.717) is 5.56 Å². The molecule has 0 aliphatic carbocycles. The van der Waals surface area contributed by atoms with Crippen LogP contribution in [0.4, 0.5) is 5.13 Å². The molecule has 0 saturated carbocycles. The number of carbonyl (C=O) groups excluding carboxylic acids is 1. The highest BCUT2D eigenvalue weighted by atomic mass is 32.1. The minimum Gasteiger partial charge on any atom is -0.336 e. The predicted octanol–water partition coefficient (Wildman–Crippen LogP) is 3.64. The fraction of sp³-hybridized carbons (Fsp3) is 0.227. The second kappa shape index (κ2) is 8.98. The third-order valence-corrected chi connectivity index (χ3v) is 5.64. The molecule has 1 fully saturated rings. The number of nitrogens with one attached hydrogen (secondary N) is 1. The average molecular weight is 406 g/mol. The summed E-state index contributed by atoms with van der Waals surface area (Å²) in [6.45, 7) is 3.40. The number of hydrazone groups is 1. The van der Waals surface area contributed by atoms with Gasteiger partial charge >= 0.3 is 0 Å². The van der Waals surface area contributed by atoms with Gasteiger partial charge in [0.15, 0.2) is 0 Å². The molecule has 0 unspecified atom stereocenters. The van der Waals surface area contributed by atoms with Crippen molar-refractivity contribution in [1.82, 2.24) is 14.8 Å². The zero-order valence-electron chi connectivity index (χ0n) is 16.3. The Balaban J connectivity index is 1.34. The van der Waals surface area contributed by atoms with Crippen molar-refractivity contribution in [3.05, 3.63) is 71.1 Å². The van der Waals surface area contributed by atoms with Crippen molar-refractivity contribution in [3.63, 3.8) is 0 Å². The van der Waals surface area contributed by atoms with Gasteiger partial charge in [0.2, 0.25) is 5.13 Å². The Morgan fingerprint density at radius 2 is 1.79 bits per heavy atom. The van der Waals surface area contributed by atoms with E-state index in [2.05, 4.69) is 27.5 Å². The number of hydrogen-bond acceptors (Lipinski definition) is 6. The Labute approximate surface area is 174 Å². The Kier molecular flexibility index (Phi) is 5.97. The van der Waals surface area contributed by atoms with E-state index in [0.717, 1.165) is 48.1 Å². The summed E-state index contributed by atoms with van der Waals surface area (Å²) < 4.78 is 0. The van der Waals surface area contributed by atoms with Crippen LogP contribution in [0.5, 0.6) is 0 Å². The van der Waals surface area contributed by atoms with Gasteiger partial charge in [0, 0.05) is 42.7 Å². The molecule has 1 amide bonds. The van der Waals surface area contributed by atoms with Crippen LogP contribution in [0.3, 0.4) is 0 Å². The van der Waals surface area contributed by atoms with E-state index < -0.39 is 0 Å². The van der Waals surface area contributed by atoms with Crippen LogP contribution in [0.15, 0.2) is 65.1 Å². The highest BCUT2D eigenvalue weighted by Crippen LogP contribution is 2.24. The number of hydrogen-bond donors (Lipinski definition) is 1. The molecule has 0 spiro atoms. The number of nitrogens with zero attached hydrogens (tertiary/aromatic N) is 4. The van der Waals surface area contributed by atoms with E-state index in [-0.39, 0.29) is 5.91 Å². The van der Waals surface area contributed by atoms with Crippen LogP contribution in [-0.2, 0) is 0 Å². The third-order valence-electron chi connectivity index (χ3n) is 4.90. The summed E-state index contributed by atoms with van der Waals surface area (Å²) in [5, 5.41) is 7.01. The van der Waals surface area contributed by atoms with Crippen molar-refractivity contribution in [2.45, 2.75) is 0 Å². The molecule has 1 aliphatic heterocycles. The number of benzene rings is 2. The van der Waals surface area contributed by atoms with E-state index >= 15 is 0 Å². The molecule has 3 aromatic rings. The molecule has 6 nitrogen and oxygen atoms in total. The SMILES string of the molecule is CN1CCN(C(=O)c2ccc(C=NNc3nc(-c4ccccc4)cs3)cc2)CC1. The molecule has 1 aliphatic rings. The van der Waals surface area contributed by atoms with Gasteiger partial charge in [-0.3, -0.25) is 10.2 Å². The maximum atomic E-state index is 12.6. The summed E-state index contributed by atoms with van der Waals surface area (Å²) >= 11 is 1.51. The maximum Gasteiger partial charge on any atom is 0.253 e. The van der Waals surface area contributed by atoms with Gasteiger partial charge in [0.25, 0.3) is 5.91 Å². The van der Waals surface area contributed by atoms with Crippen LogP contribution in [0.25, 0.3) is 11.3 Å². The van der Waals surface area contributed by atoms with E-state index in [1.54, 1.807) is 6.21 Å². The van der Waals surface area contributed by atoms with Gasteiger partial charge < -0.3 is 9.80 Å². The molecule has 4 rings (SSSR count). The van der Waals surface area contributed by atoms with Gasteiger partial charge in [-0.25, -0.2) is 4.98 Å². The van der Waals surface area contributed by atoms with E-state index in [4.69, 9.17) is 0 Å². The maximum absolute atomic E-state index is 12.6. The Morgan fingerprint density at radius 3 is 2.52 bits per heavy atom. The predicted molar refractivity (Wildman–Crippen MR) is 119 cm³/mol. The lowest BCUT2D eigenvalue weighted by Crippen LogP contribution is -2.47. The second-order valence-electron chi connectivity index (χ2n) is 6.99. The molecular weight excluding hydrogens is 382 g/mol. The van der Waals surface area contributed by atoms with Crippen LogP contribution in [0.1, 0.15) is 15.9 Å². The zero-order valence-corrected chi connectivity index (χ0v) is 17.1. The van der Waals surface area contributed by atoms with Crippen LogP contribution >= 0.6 is 11.3 Å². The van der Waals surface area contributed by atoms with Crippen molar-refractivity contribution in [1.29, 1.82) is 0 Å². The van der Waals surface area contributed by atoms with E-state index in [1.807, 2.05) is 64.9 Å². The smallest absolute Gasteiger partial charge is 0.253 e. The van der Waals surface area contributed by atoms with Gasteiger partial charge in [-0.05, 0) is 24.7 Å². The van der Waals surface area contributed by atoms with E-state index in [1.165, 1.54) is 11.3 Å². The highest BCUT2D eigenvalue weighted by Gasteiger charge is 2.19. The van der Waals surface area contributed by atoms with Crippen LogP contribution in [0.2, 0.25) is 0 Å². The number of rotatable bonds is 5. The van der Waals surface area contributed by atoms with Crippen molar-refractivity contribution < 1.29 is 4.79 Å². The van der Waals surface area contributed by atoms with Gasteiger partial charge in [-0.2, -0.15) is 5.10 Å². The van der Waals surface area contributed by atoms with Crippen LogP contribution in [-0.4, -0.2) is 60.1 Å². The Morgan fingerprint density at radius 1 is 1.07 bits per heavy atom. The molecular formula is C22H23N5OS. The first-order chi connectivity index (χ1) is 14.2. The quantitative estimate of drug-likeness (QED) is 0.520. The molecule has 1 N–H and O–H groups in total. The first-order valence-electron chi connectivity index (χ1n) is 9.57. The highest BCUT2D eigenvalue weighted by molar-refractivity contribution is 7.14. The molecule has 148 valence electrons. The fourth-order valence-corrected chi connectivity index (χ4v) is 3.80. The largest absolute Gasteiger partial charge is 0.336 e. The number of amides is 1. The average Bonchev–Trinajstić information content (AvgIpc) is 3.24. The number of thiazole rings is 1. The number of carbonyl (C=O) groups is 1. The second-order valence-corrected chi connectivity index (χ2v) is 7.85. The first kappa shape index (κ1) is 19.3. The molecule has 2 heterocycles. The van der Waals surface area contributed by atoms with Crippen LogP contribution < -0.4 is 5.43 Å². The summed E-state index contributed by atoms with van der Waals surface area (Å²) in [5.74, 6) is 0.0935. The van der Waals surface area contributed by atoms with Crippen LogP contribution in [0, 0.1) is 0 Å². The molecule has 7 heteroatoms. The third kappa shape index (κ3) is 4.88. The molecule has 0 bridgehead atoms. The van der Waals surface area contributed by atoms with Gasteiger partial charge in [-0.15, -0.1) is 11.3 Å². The summed E-state index contributed by atoms with van der Waals surface area (Å²) in [6.07, 6.45) is 1.73. The summed E-state index contributed by atoms with van der Waals surface area (Å²) in [5.41, 5.74) is 6.63. The molecule has 0 atom stereocenters. The Bertz CT molecular complexity index is 976. The standard InChI is InChI=1S/C22H23N5OS/c1-26-11-13-27(14-12-26)21(28)19-9-7-17(8-10-19)15-23-25-22-24-20(16-29-22)18-5-3-2-4-6-18/h2-10,15-16H,11-14H2,1H3,(H,24,25). The number of piperazine rings is 1. The monoisotopic (exact) mass is 405 g/mol. The molecule has 2 aromatic carbocycles. The summed E-state index contributed by atoms with van der Waals surface area (Å²) in [7, 11) is 2.08. The summed E-state index contributed by atoms with van der Waals surface area (Å²) in [4.78, 5) is 21.3. The molecule has 0 radical (unpaired) electrons. The lowest BCUT2D eigenvalue weighted by molar-refractivity contribution is 0.0664. The summed E-state index contributed by atoms with van der Waals surface area (Å²) in [6, 6.07) is 17.6. The zero-order chi connectivity index (χ0) is 20.1. The molecule has 1 aromatic heterocycles. The van der Waals surface area contributed by atoms with Gasteiger partial charge in [0.05, 0.1) is 11.9 Å². The Hall–Kier alpha value is -3.03. The van der Waals surface area contributed by atoms with E-state index in [9.17, 15) is 4.79 Å². The van der Waals surface area contributed by atoms with Crippen molar-refractivity contribution >= 4 is 28.6 Å². The number of likely N-dealkylation sites (N-methyl/N-ethyl adjacent to an activating group) is 1. The first-order valence-corrected chi connectivity index (χ1v) is 10.4. The van der Waals surface area contributed by atoms with Gasteiger partial charge in [0.1, 0.15) is 0 Å². The minimum atomic E-state index is 0.0935. The lowest BCUT2D eigenvalue weighted by Gasteiger charge is -2.32. The van der Waals surface area contributed by atoms with Crippen molar-refractivity contribution in [2.75, 3.05) is 38.7 Å². The number of anilines is 1. The molecule has 1 saturated heterocycles. The molecule has 29 heavy (non-hydrogen) atoms. The fourth-order valence-electron chi connectivity index (χ4n) is 3.13. The number of aromatic nitrogens is 1. The van der Waals surface area contributed by atoms with Crippen molar-refractivity contribution in [3.8, 4) is 11.3 Å². The normalized spacial score (nSPS) is 15.0. The van der Waals surface area contributed by atoms with Gasteiger partial charge in [-0.1, -0.05) is 42.5 Å².